The minimum Gasteiger partial charge on any atom is -0.370 e. The van der Waals surface area contributed by atoms with Gasteiger partial charge in [-0.3, -0.25) is 9.59 Å². The highest BCUT2D eigenvalue weighted by Gasteiger charge is 2.29. The summed E-state index contributed by atoms with van der Waals surface area (Å²) in [5, 5.41) is 0. The van der Waals surface area contributed by atoms with E-state index in [1.807, 2.05) is 0 Å². The maximum atomic E-state index is 13.3. The molecule has 2 rings (SSSR count). The third-order valence-corrected chi connectivity index (χ3v) is 4.18. The number of carbonyl (C=O) groups excluding carboxylic acids is 2. The minimum absolute atomic E-state index is 0.151. The van der Waals surface area contributed by atoms with Crippen molar-refractivity contribution in [2.45, 2.75) is 31.7 Å². The minimum atomic E-state index is -0.458. The maximum Gasteiger partial charge on any atom is 0.255 e. The molecule has 108 valence electrons. The third kappa shape index (κ3) is 3.36. The van der Waals surface area contributed by atoms with Gasteiger partial charge in [-0.15, -0.1) is 0 Å². The molecule has 1 atom stereocenters. The average molecular weight is 343 g/mol. The van der Waals surface area contributed by atoms with Crippen molar-refractivity contribution in [1.82, 2.24) is 4.90 Å². The lowest BCUT2D eigenvalue weighted by Crippen LogP contribution is -2.45. The van der Waals surface area contributed by atoms with Gasteiger partial charge in [-0.25, -0.2) is 4.39 Å². The van der Waals surface area contributed by atoms with E-state index in [0.29, 0.717) is 11.0 Å². The molecule has 0 radical (unpaired) electrons. The van der Waals surface area contributed by atoms with Crippen molar-refractivity contribution >= 4 is 27.7 Å². The number of piperidine rings is 1. The standard InChI is InChI=1S/C14H16BrFN2O2/c15-12-5-4-9(16)7-11(12)14(20)18-6-2-1-3-10(18)8-13(17)19/h4-5,7,10H,1-3,6,8H2,(H2,17,19)/t10-/m1/s1. The Morgan fingerprint density at radius 1 is 1.40 bits per heavy atom. The normalized spacial score (nSPS) is 18.9. The highest BCUT2D eigenvalue weighted by atomic mass is 79.9. The van der Waals surface area contributed by atoms with Crippen LogP contribution in [0.3, 0.4) is 0 Å². The summed E-state index contributed by atoms with van der Waals surface area (Å²) < 4.78 is 13.9. The number of nitrogens with zero attached hydrogens (tertiary/aromatic N) is 1. The summed E-state index contributed by atoms with van der Waals surface area (Å²) in [6.07, 6.45) is 2.75. The second-order valence-corrected chi connectivity index (χ2v) is 5.80. The van der Waals surface area contributed by atoms with Crippen LogP contribution < -0.4 is 5.73 Å². The van der Waals surface area contributed by atoms with E-state index in [-0.39, 0.29) is 23.9 Å². The van der Waals surface area contributed by atoms with Crippen LogP contribution in [0.15, 0.2) is 22.7 Å². The number of benzene rings is 1. The maximum absolute atomic E-state index is 13.3. The average Bonchev–Trinajstić information content (AvgIpc) is 2.41. The Bertz CT molecular complexity index is 536. The van der Waals surface area contributed by atoms with E-state index in [2.05, 4.69) is 15.9 Å². The highest BCUT2D eigenvalue weighted by molar-refractivity contribution is 9.10. The number of rotatable bonds is 3. The molecule has 20 heavy (non-hydrogen) atoms. The van der Waals surface area contributed by atoms with Gasteiger partial charge in [-0.2, -0.15) is 0 Å². The molecule has 1 aromatic carbocycles. The molecule has 2 N–H and O–H groups in total. The first kappa shape index (κ1) is 15.0. The van der Waals surface area contributed by atoms with Crippen LogP contribution >= 0.6 is 15.9 Å². The van der Waals surface area contributed by atoms with Crippen LogP contribution in [0.1, 0.15) is 36.0 Å². The Balaban J connectivity index is 2.25. The van der Waals surface area contributed by atoms with Crippen LogP contribution in [0.2, 0.25) is 0 Å². The number of hydrogen-bond acceptors (Lipinski definition) is 2. The molecular weight excluding hydrogens is 327 g/mol. The topological polar surface area (TPSA) is 63.4 Å². The smallest absolute Gasteiger partial charge is 0.255 e. The van der Waals surface area contributed by atoms with Crippen molar-refractivity contribution < 1.29 is 14.0 Å². The van der Waals surface area contributed by atoms with Crippen molar-refractivity contribution in [2.24, 2.45) is 5.73 Å². The monoisotopic (exact) mass is 342 g/mol. The van der Waals surface area contributed by atoms with Gasteiger partial charge in [0.25, 0.3) is 5.91 Å². The first-order valence-corrected chi connectivity index (χ1v) is 7.32. The zero-order chi connectivity index (χ0) is 14.7. The Morgan fingerprint density at radius 2 is 2.15 bits per heavy atom. The van der Waals surface area contributed by atoms with Gasteiger partial charge in [0.05, 0.1) is 5.56 Å². The number of nitrogens with two attached hydrogens (primary N) is 1. The van der Waals surface area contributed by atoms with E-state index in [9.17, 15) is 14.0 Å². The summed E-state index contributed by atoms with van der Waals surface area (Å²) in [6.45, 7) is 0.569. The number of primary amides is 1. The van der Waals surface area contributed by atoms with E-state index >= 15 is 0 Å². The van der Waals surface area contributed by atoms with Crippen molar-refractivity contribution in [1.29, 1.82) is 0 Å². The largest absolute Gasteiger partial charge is 0.370 e. The van der Waals surface area contributed by atoms with Crippen LogP contribution in [0, 0.1) is 5.82 Å². The SMILES string of the molecule is NC(=O)C[C@H]1CCCCN1C(=O)c1cc(F)ccc1Br. The highest BCUT2D eigenvalue weighted by Crippen LogP contribution is 2.25. The molecule has 2 amide bonds. The zero-order valence-electron chi connectivity index (χ0n) is 10.9. The van der Waals surface area contributed by atoms with Gasteiger partial charge in [-0.1, -0.05) is 0 Å². The van der Waals surface area contributed by atoms with E-state index in [1.54, 1.807) is 4.90 Å². The fourth-order valence-electron chi connectivity index (χ4n) is 2.53. The fourth-order valence-corrected chi connectivity index (χ4v) is 2.94. The summed E-state index contributed by atoms with van der Waals surface area (Å²) in [6, 6.07) is 3.82. The lowest BCUT2D eigenvalue weighted by atomic mass is 9.98. The molecule has 0 bridgehead atoms. The van der Waals surface area contributed by atoms with Gasteiger partial charge in [0.15, 0.2) is 0 Å². The first-order valence-electron chi connectivity index (χ1n) is 6.53. The molecular formula is C14H16BrFN2O2. The Labute approximate surface area is 125 Å². The van der Waals surface area contributed by atoms with Crippen molar-refractivity contribution in [2.75, 3.05) is 6.54 Å². The molecule has 1 fully saturated rings. The molecule has 1 aliphatic heterocycles. The molecule has 1 aliphatic rings. The Kier molecular flexibility index (Phi) is 4.75. The van der Waals surface area contributed by atoms with Crippen LogP contribution in [-0.2, 0) is 4.79 Å². The number of likely N-dealkylation sites (tertiary alicyclic amines) is 1. The van der Waals surface area contributed by atoms with Gasteiger partial charge >= 0.3 is 0 Å². The van der Waals surface area contributed by atoms with E-state index in [0.717, 1.165) is 19.3 Å². The number of hydrogen-bond donors (Lipinski definition) is 1. The molecule has 0 aromatic heterocycles. The number of amides is 2. The molecule has 4 nitrogen and oxygen atoms in total. The summed E-state index contributed by atoms with van der Waals surface area (Å²) in [4.78, 5) is 25.3. The quantitative estimate of drug-likeness (QED) is 0.916. The van der Waals surface area contributed by atoms with Crippen LogP contribution in [-0.4, -0.2) is 29.3 Å². The van der Waals surface area contributed by atoms with Gasteiger partial charge in [0.2, 0.25) is 5.91 Å². The summed E-state index contributed by atoms with van der Waals surface area (Å²) >= 11 is 3.26. The second-order valence-electron chi connectivity index (χ2n) is 4.94. The second kappa shape index (κ2) is 6.35. The first-order chi connectivity index (χ1) is 9.49. The van der Waals surface area contributed by atoms with Crippen molar-refractivity contribution in [3.05, 3.63) is 34.1 Å². The van der Waals surface area contributed by atoms with Gasteiger partial charge < -0.3 is 10.6 Å². The summed E-state index contributed by atoms with van der Waals surface area (Å²) in [5.41, 5.74) is 5.51. The molecule has 0 unspecified atom stereocenters. The van der Waals surface area contributed by atoms with E-state index in [4.69, 9.17) is 5.73 Å². The molecule has 1 heterocycles. The van der Waals surface area contributed by atoms with Crippen LogP contribution in [0.5, 0.6) is 0 Å². The molecule has 1 saturated heterocycles. The van der Waals surface area contributed by atoms with Gasteiger partial charge in [0, 0.05) is 23.5 Å². The van der Waals surface area contributed by atoms with Crippen LogP contribution in [0.4, 0.5) is 4.39 Å². The predicted octanol–water partition coefficient (Wildman–Crippen LogP) is 2.46. The van der Waals surface area contributed by atoms with Crippen molar-refractivity contribution in [3.8, 4) is 0 Å². The molecule has 6 heteroatoms. The molecule has 0 saturated carbocycles. The summed E-state index contributed by atoms with van der Waals surface area (Å²) in [5.74, 6) is -1.14. The van der Waals surface area contributed by atoms with Gasteiger partial charge in [0.1, 0.15) is 5.82 Å². The lowest BCUT2D eigenvalue weighted by Gasteiger charge is -2.35. The third-order valence-electron chi connectivity index (χ3n) is 3.48. The van der Waals surface area contributed by atoms with Gasteiger partial charge in [-0.05, 0) is 53.4 Å². The fraction of sp³-hybridized carbons (Fsp3) is 0.429. The number of carbonyl (C=O) groups is 2. The molecule has 0 aliphatic carbocycles. The summed E-state index contributed by atoms with van der Waals surface area (Å²) in [7, 11) is 0. The predicted molar refractivity (Wildman–Crippen MR) is 76.6 cm³/mol. The Hall–Kier alpha value is -1.43. The lowest BCUT2D eigenvalue weighted by molar-refractivity contribution is -0.119. The molecule has 1 aromatic rings. The van der Waals surface area contributed by atoms with Crippen molar-refractivity contribution in [3.63, 3.8) is 0 Å². The zero-order valence-corrected chi connectivity index (χ0v) is 12.5. The Morgan fingerprint density at radius 3 is 2.85 bits per heavy atom. The number of halogens is 2. The molecule has 0 spiro atoms. The van der Waals surface area contributed by atoms with E-state index in [1.165, 1.54) is 18.2 Å². The van der Waals surface area contributed by atoms with Crippen LogP contribution in [0.25, 0.3) is 0 Å². The van der Waals surface area contributed by atoms with E-state index < -0.39 is 11.7 Å².